The lowest BCUT2D eigenvalue weighted by Gasteiger charge is -2.23. The maximum Gasteiger partial charge on any atom is 0.315 e. The molecular weight excluding hydrogens is 312 g/mol. The zero-order chi connectivity index (χ0) is 16.1. The van der Waals surface area contributed by atoms with Crippen molar-refractivity contribution in [1.82, 2.24) is 20.9 Å². The first-order chi connectivity index (χ1) is 11.2. The third kappa shape index (κ3) is 4.92. The van der Waals surface area contributed by atoms with E-state index >= 15 is 0 Å². The Labute approximate surface area is 140 Å². The van der Waals surface area contributed by atoms with Crippen molar-refractivity contribution in [3.8, 4) is 0 Å². The second kappa shape index (κ2) is 7.77. The van der Waals surface area contributed by atoms with Gasteiger partial charge in [-0.1, -0.05) is 6.42 Å². The van der Waals surface area contributed by atoms with Gasteiger partial charge in [0.15, 0.2) is 0 Å². The Kier molecular flexibility index (Phi) is 5.48. The molecule has 7 heteroatoms. The molecule has 3 rings (SSSR count). The van der Waals surface area contributed by atoms with Crippen molar-refractivity contribution in [2.24, 2.45) is 5.92 Å². The third-order valence-corrected chi connectivity index (χ3v) is 5.40. The molecule has 0 atom stereocenters. The third-order valence-electron chi connectivity index (χ3n) is 4.34. The predicted molar refractivity (Wildman–Crippen MR) is 89.3 cm³/mol. The molecule has 126 valence electrons. The van der Waals surface area contributed by atoms with E-state index in [0.717, 1.165) is 25.0 Å². The van der Waals surface area contributed by atoms with Gasteiger partial charge in [0.05, 0.1) is 17.2 Å². The molecular formula is C16H24N4O2S. The average molecular weight is 336 g/mol. The van der Waals surface area contributed by atoms with Crippen LogP contribution in [0, 0.1) is 5.92 Å². The molecule has 6 nitrogen and oxygen atoms in total. The average Bonchev–Trinajstić information content (AvgIpc) is 3.22. The number of carbonyl (C=O) groups excluding carboxylic acids is 2. The van der Waals surface area contributed by atoms with Gasteiger partial charge < -0.3 is 16.0 Å². The second-order valence-corrected chi connectivity index (χ2v) is 7.22. The van der Waals surface area contributed by atoms with Crippen molar-refractivity contribution >= 4 is 23.3 Å². The molecule has 2 aliphatic carbocycles. The summed E-state index contributed by atoms with van der Waals surface area (Å²) >= 11 is 1.68. The van der Waals surface area contributed by atoms with E-state index in [2.05, 4.69) is 20.9 Å². The van der Waals surface area contributed by atoms with Crippen LogP contribution < -0.4 is 16.0 Å². The lowest BCUT2D eigenvalue weighted by molar-refractivity contribution is -0.127. The lowest BCUT2D eigenvalue weighted by Crippen LogP contribution is -2.38. The standard InChI is InChI=1S/C16H24N4O2S/c21-14(11-3-1-4-11)17-7-2-8-18-16(22)19-9-13-10-23-15(20-13)12-5-6-12/h10-12H,1-9H2,(H,17,21)(H2,18,19,22). The molecule has 0 unspecified atom stereocenters. The number of hydrogen-bond donors (Lipinski definition) is 3. The summed E-state index contributed by atoms with van der Waals surface area (Å²) in [6.07, 6.45) is 6.45. The van der Waals surface area contributed by atoms with Crippen LogP contribution >= 0.6 is 11.3 Å². The van der Waals surface area contributed by atoms with E-state index in [1.807, 2.05) is 5.38 Å². The van der Waals surface area contributed by atoms with Crippen LogP contribution in [-0.2, 0) is 11.3 Å². The molecule has 3 amide bonds. The van der Waals surface area contributed by atoms with E-state index in [0.29, 0.717) is 25.6 Å². The summed E-state index contributed by atoms with van der Waals surface area (Å²) in [6.45, 7) is 1.64. The van der Waals surface area contributed by atoms with Gasteiger partial charge in [0.1, 0.15) is 0 Å². The molecule has 2 fully saturated rings. The van der Waals surface area contributed by atoms with Crippen LogP contribution in [0.15, 0.2) is 5.38 Å². The molecule has 1 heterocycles. The van der Waals surface area contributed by atoms with Gasteiger partial charge in [-0.3, -0.25) is 4.79 Å². The number of amides is 3. The molecule has 0 aromatic carbocycles. The zero-order valence-electron chi connectivity index (χ0n) is 13.3. The Bertz CT molecular complexity index is 552. The summed E-state index contributed by atoms with van der Waals surface area (Å²) in [7, 11) is 0. The summed E-state index contributed by atoms with van der Waals surface area (Å²) in [5.41, 5.74) is 0.930. The smallest absolute Gasteiger partial charge is 0.315 e. The molecule has 2 saturated carbocycles. The van der Waals surface area contributed by atoms with Crippen LogP contribution in [0.3, 0.4) is 0 Å². The van der Waals surface area contributed by atoms with Crippen LogP contribution in [0.5, 0.6) is 0 Å². The number of hydrogen-bond acceptors (Lipinski definition) is 4. The Hall–Kier alpha value is -1.63. The first-order valence-corrected chi connectivity index (χ1v) is 9.34. The number of carbonyl (C=O) groups is 2. The maximum absolute atomic E-state index is 11.7. The SMILES string of the molecule is O=C(NCCCNC(=O)C1CCC1)NCc1csc(C2CC2)n1. The van der Waals surface area contributed by atoms with Crippen LogP contribution in [0.2, 0.25) is 0 Å². The van der Waals surface area contributed by atoms with Crippen molar-refractivity contribution < 1.29 is 9.59 Å². The van der Waals surface area contributed by atoms with E-state index in [4.69, 9.17) is 0 Å². The molecule has 0 aliphatic heterocycles. The highest BCUT2D eigenvalue weighted by Gasteiger charge is 2.26. The lowest BCUT2D eigenvalue weighted by atomic mass is 9.85. The van der Waals surface area contributed by atoms with Crippen LogP contribution in [0.25, 0.3) is 0 Å². The fourth-order valence-corrected chi connectivity index (χ4v) is 3.46. The van der Waals surface area contributed by atoms with Crippen molar-refractivity contribution in [3.05, 3.63) is 16.1 Å². The van der Waals surface area contributed by atoms with Crippen molar-refractivity contribution in [2.45, 2.75) is 51.0 Å². The summed E-state index contributed by atoms with van der Waals surface area (Å²) in [4.78, 5) is 27.8. The number of thiazole rings is 1. The Balaban J connectivity index is 1.22. The second-order valence-electron chi connectivity index (χ2n) is 6.33. The Morgan fingerprint density at radius 2 is 1.91 bits per heavy atom. The van der Waals surface area contributed by atoms with Gasteiger partial charge in [0.25, 0.3) is 0 Å². The topological polar surface area (TPSA) is 83.1 Å². The van der Waals surface area contributed by atoms with Gasteiger partial charge in [0, 0.05) is 30.3 Å². The molecule has 0 spiro atoms. The number of aromatic nitrogens is 1. The molecule has 23 heavy (non-hydrogen) atoms. The van der Waals surface area contributed by atoms with Crippen molar-refractivity contribution in [3.63, 3.8) is 0 Å². The molecule has 1 aromatic rings. The van der Waals surface area contributed by atoms with E-state index in [1.54, 1.807) is 11.3 Å². The first-order valence-electron chi connectivity index (χ1n) is 8.46. The minimum absolute atomic E-state index is 0.163. The summed E-state index contributed by atoms with van der Waals surface area (Å²) in [5.74, 6) is 1.05. The maximum atomic E-state index is 11.7. The highest BCUT2D eigenvalue weighted by atomic mass is 32.1. The highest BCUT2D eigenvalue weighted by molar-refractivity contribution is 7.09. The van der Waals surface area contributed by atoms with Gasteiger partial charge in [-0.2, -0.15) is 0 Å². The summed E-state index contributed by atoms with van der Waals surface area (Å²) in [6, 6.07) is -0.184. The molecule has 3 N–H and O–H groups in total. The molecule has 0 bridgehead atoms. The van der Waals surface area contributed by atoms with E-state index in [9.17, 15) is 9.59 Å². The van der Waals surface area contributed by atoms with Gasteiger partial charge >= 0.3 is 6.03 Å². The van der Waals surface area contributed by atoms with E-state index in [1.165, 1.54) is 24.3 Å². The quantitative estimate of drug-likeness (QED) is 0.636. The molecule has 0 radical (unpaired) electrons. The molecule has 2 aliphatic rings. The van der Waals surface area contributed by atoms with Crippen LogP contribution in [0.4, 0.5) is 4.79 Å². The highest BCUT2D eigenvalue weighted by Crippen LogP contribution is 2.41. The number of nitrogens with one attached hydrogen (secondary N) is 3. The zero-order valence-corrected chi connectivity index (χ0v) is 14.1. The van der Waals surface area contributed by atoms with E-state index in [-0.39, 0.29) is 17.9 Å². The van der Waals surface area contributed by atoms with Crippen molar-refractivity contribution in [1.29, 1.82) is 0 Å². The fourth-order valence-electron chi connectivity index (χ4n) is 2.47. The number of rotatable bonds is 8. The Morgan fingerprint density at radius 1 is 1.13 bits per heavy atom. The summed E-state index contributed by atoms with van der Waals surface area (Å²) < 4.78 is 0. The molecule has 1 aromatic heterocycles. The normalized spacial score (nSPS) is 17.4. The van der Waals surface area contributed by atoms with E-state index < -0.39 is 0 Å². The predicted octanol–water partition coefficient (Wildman–Crippen LogP) is 2.13. The van der Waals surface area contributed by atoms with Crippen LogP contribution in [-0.4, -0.2) is 30.0 Å². The minimum atomic E-state index is -0.184. The monoisotopic (exact) mass is 336 g/mol. The van der Waals surface area contributed by atoms with Gasteiger partial charge in [0.2, 0.25) is 5.91 Å². The van der Waals surface area contributed by atoms with Gasteiger partial charge in [-0.05, 0) is 32.1 Å². The van der Waals surface area contributed by atoms with Gasteiger partial charge in [-0.15, -0.1) is 11.3 Å². The van der Waals surface area contributed by atoms with Crippen molar-refractivity contribution in [2.75, 3.05) is 13.1 Å². The minimum Gasteiger partial charge on any atom is -0.356 e. The largest absolute Gasteiger partial charge is 0.356 e. The first kappa shape index (κ1) is 16.2. The van der Waals surface area contributed by atoms with Crippen LogP contribution in [0.1, 0.15) is 55.1 Å². The van der Waals surface area contributed by atoms with Gasteiger partial charge in [-0.25, -0.2) is 9.78 Å². The Morgan fingerprint density at radius 3 is 2.61 bits per heavy atom. The number of nitrogens with zero attached hydrogens (tertiary/aromatic N) is 1. The fraction of sp³-hybridized carbons (Fsp3) is 0.688. The number of urea groups is 1. The molecule has 0 saturated heterocycles. The summed E-state index contributed by atoms with van der Waals surface area (Å²) in [5, 5.41) is 11.7.